The molecule has 1 aromatic carbocycles. The van der Waals surface area contributed by atoms with E-state index in [0.717, 1.165) is 0 Å². The molecule has 0 radical (unpaired) electrons. The fourth-order valence-electron chi connectivity index (χ4n) is 1.18. The second kappa shape index (κ2) is 4.30. The van der Waals surface area contributed by atoms with Crippen LogP contribution in [0.4, 0.5) is 5.69 Å². The number of halogens is 1. The summed E-state index contributed by atoms with van der Waals surface area (Å²) < 4.78 is 0. The van der Waals surface area contributed by atoms with Crippen LogP contribution in [-0.4, -0.2) is 11.1 Å². The summed E-state index contributed by atoms with van der Waals surface area (Å²) in [7, 11) is 0. The molecule has 0 bridgehead atoms. The molecule has 0 aliphatic carbocycles. The van der Waals surface area contributed by atoms with Gasteiger partial charge < -0.3 is 16.6 Å². The number of hydrogen-bond acceptors (Lipinski definition) is 3. The molecule has 0 aromatic heterocycles. The molecular formula is C9H11ClN2O2. The van der Waals surface area contributed by atoms with Crippen LogP contribution in [0.3, 0.4) is 0 Å². The van der Waals surface area contributed by atoms with Gasteiger partial charge in [-0.05, 0) is 17.7 Å². The normalized spacial score (nSPS) is 12.4. The Kier molecular flexibility index (Phi) is 3.33. The standard InChI is InChI=1S/C9H11ClN2O2/c10-5-1-2-6(7(11)3-5)8(12)4-9(13)14/h1-3,8H,4,11-12H2,(H,13,14). The van der Waals surface area contributed by atoms with Crippen LogP contribution in [0.5, 0.6) is 0 Å². The van der Waals surface area contributed by atoms with E-state index in [1.54, 1.807) is 18.2 Å². The Morgan fingerprint density at radius 2 is 2.21 bits per heavy atom. The number of anilines is 1. The van der Waals surface area contributed by atoms with E-state index >= 15 is 0 Å². The molecule has 0 aliphatic heterocycles. The molecule has 1 unspecified atom stereocenters. The highest BCUT2D eigenvalue weighted by atomic mass is 35.5. The van der Waals surface area contributed by atoms with Crippen molar-refractivity contribution in [1.29, 1.82) is 0 Å². The summed E-state index contributed by atoms with van der Waals surface area (Å²) in [4.78, 5) is 10.4. The van der Waals surface area contributed by atoms with Crippen molar-refractivity contribution < 1.29 is 9.90 Å². The fourth-order valence-corrected chi connectivity index (χ4v) is 1.36. The van der Waals surface area contributed by atoms with Gasteiger partial charge in [-0.2, -0.15) is 0 Å². The quantitative estimate of drug-likeness (QED) is 0.664. The lowest BCUT2D eigenvalue weighted by Gasteiger charge is -2.12. The molecule has 14 heavy (non-hydrogen) atoms. The van der Waals surface area contributed by atoms with Crippen LogP contribution in [0.2, 0.25) is 5.02 Å². The number of carbonyl (C=O) groups is 1. The lowest BCUT2D eigenvalue weighted by Crippen LogP contribution is -2.16. The summed E-state index contributed by atoms with van der Waals surface area (Å²) in [5, 5.41) is 9.05. The summed E-state index contributed by atoms with van der Waals surface area (Å²) in [6.07, 6.45) is -0.147. The van der Waals surface area contributed by atoms with Crippen LogP contribution in [0.1, 0.15) is 18.0 Å². The van der Waals surface area contributed by atoms with E-state index in [1.807, 2.05) is 0 Å². The minimum Gasteiger partial charge on any atom is -0.481 e. The van der Waals surface area contributed by atoms with E-state index < -0.39 is 12.0 Å². The molecule has 1 atom stereocenters. The summed E-state index contributed by atoms with van der Waals surface area (Å²) in [6, 6.07) is 4.24. The van der Waals surface area contributed by atoms with Crippen molar-refractivity contribution in [2.24, 2.45) is 5.73 Å². The van der Waals surface area contributed by atoms with Crippen LogP contribution < -0.4 is 11.5 Å². The van der Waals surface area contributed by atoms with Crippen molar-refractivity contribution in [1.82, 2.24) is 0 Å². The summed E-state index contributed by atoms with van der Waals surface area (Å²) in [6.45, 7) is 0. The molecule has 5 N–H and O–H groups in total. The summed E-state index contributed by atoms with van der Waals surface area (Å²) >= 11 is 5.69. The van der Waals surface area contributed by atoms with Crippen LogP contribution in [0.25, 0.3) is 0 Å². The minimum atomic E-state index is -0.952. The van der Waals surface area contributed by atoms with Crippen molar-refractivity contribution in [2.75, 3.05) is 5.73 Å². The zero-order chi connectivity index (χ0) is 10.7. The predicted octanol–water partition coefficient (Wildman–Crippen LogP) is 1.40. The Balaban J connectivity index is 2.90. The number of nitrogen functional groups attached to an aromatic ring is 1. The van der Waals surface area contributed by atoms with Gasteiger partial charge in [0.25, 0.3) is 0 Å². The van der Waals surface area contributed by atoms with Crippen LogP contribution in [0.15, 0.2) is 18.2 Å². The van der Waals surface area contributed by atoms with Gasteiger partial charge in [-0.25, -0.2) is 0 Å². The third kappa shape index (κ3) is 2.61. The van der Waals surface area contributed by atoms with Gasteiger partial charge in [0.2, 0.25) is 0 Å². The van der Waals surface area contributed by atoms with Gasteiger partial charge in [-0.15, -0.1) is 0 Å². The van der Waals surface area contributed by atoms with E-state index in [1.165, 1.54) is 0 Å². The van der Waals surface area contributed by atoms with E-state index in [0.29, 0.717) is 16.3 Å². The van der Waals surface area contributed by atoms with Crippen LogP contribution in [-0.2, 0) is 4.79 Å². The van der Waals surface area contributed by atoms with Crippen molar-refractivity contribution in [3.05, 3.63) is 28.8 Å². The van der Waals surface area contributed by atoms with E-state index in [2.05, 4.69) is 0 Å². The Labute approximate surface area is 86.5 Å². The molecule has 0 aliphatic rings. The monoisotopic (exact) mass is 214 g/mol. The Morgan fingerprint density at radius 1 is 1.57 bits per heavy atom. The van der Waals surface area contributed by atoms with Crippen molar-refractivity contribution in [3.8, 4) is 0 Å². The van der Waals surface area contributed by atoms with Gasteiger partial charge >= 0.3 is 5.97 Å². The van der Waals surface area contributed by atoms with Crippen LogP contribution in [0, 0.1) is 0 Å². The Bertz CT molecular complexity index is 355. The zero-order valence-electron chi connectivity index (χ0n) is 7.40. The van der Waals surface area contributed by atoms with Gasteiger partial charge in [0, 0.05) is 16.8 Å². The number of rotatable bonds is 3. The third-order valence-corrected chi connectivity index (χ3v) is 2.08. The summed E-state index contributed by atoms with van der Waals surface area (Å²) in [5.74, 6) is -0.952. The fraction of sp³-hybridized carbons (Fsp3) is 0.222. The molecule has 76 valence electrons. The molecule has 0 heterocycles. The number of carboxylic acid groups (broad SMARTS) is 1. The maximum Gasteiger partial charge on any atom is 0.305 e. The van der Waals surface area contributed by atoms with Crippen molar-refractivity contribution in [2.45, 2.75) is 12.5 Å². The average Bonchev–Trinajstić information content (AvgIpc) is 2.01. The highest BCUT2D eigenvalue weighted by Crippen LogP contribution is 2.24. The molecule has 5 heteroatoms. The van der Waals surface area contributed by atoms with Crippen molar-refractivity contribution >= 4 is 23.3 Å². The molecule has 0 saturated heterocycles. The first-order chi connectivity index (χ1) is 6.50. The number of aliphatic carboxylic acids is 1. The van der Waals surface area contributed by atoms with E-state index in [9.17, 15) is 4.79 Å². The van der Waals surface area contributed by atoms with Gasteiger partial charge in [0.1, 0.15) is 0 Å². The van der Waals surface area contributed by atoms with E-state index in [4.69, 9.17) is 28.2 Å². The first-order valence-electron chi connectivity index (χ1n) is 4.03. The lowest BCUT2D eigenvalue weighted by molar-refractivity contribution is -0.137. The van der Waals surface area contributed by atoms with E-state index in [-0.39, 0.29) is 6.42 Å². The minimum absolute atomic E-state index is 0.147. The highest BCUT2D eigenvalue weighted by molar-refractivity contribution is 6.30. The number of nitrogens with two attached hydrogens (primary N) is 2. The molecule has 1 aromatic rings. The predicted molar refractivity (Wildman–Crippen MR) is 55.0 cm³/mol. The molecule has 0 spiro atoms. The first-order valence-corrected chi connectivity index (χ1v) is 4.41. The zero-order valence-corrected chi connectivity index (χ0v) is 8.16. The highest BCUT2D eigenvalue weighted by Gasteiger charge is 2.13. The smallest absolute Gasteiger partial charge is 0.305 e. The Morgan fingerprint density at radius 3 is 2.71 bits per heavy atom. The molecule has 0 saturated carbocycles. The molecule has 0 fully saturated rings. The Hall–Kier alpha value is -1.26. The van der Waals surface area contributed by atoms with Gasteiger partial charge in [0.05, 0.1) is 6.42 Å². The van der Waals surface area contributed by atoms with Crippen molar-refractivity contribution in [3.63, 3.8) is 0 Å². The SMILES string of the molecule is Nc1cc(Cl)ccc1C(N)CC(=O)O. The topological polar surface area (TPSA) is 89.3 Å². The molecule has 4 nitrogen and oxygen atoms in total. The second-order valence-electron chi connectivity index (χ2n) is 2.98. The maximum absolute atomic E-state index is 10.4. The van der Waals surface area contributed by atoms with Gasteiger partial charge in [-0.1, -0.05) is 17.7 Å². The number of carboxylic acids is 1. The largest absolute Gasteiger partial charge is 0.481 e. The first kappa shape index (κ1) is 10.8. The number of benzene rings is 1. The molecule has 0 amide bonds. The van der Waals surface area contributed by atoms with Gasteiger partial charge in [-0.3, -0.25) is 4.79 Å². The number of hydrogen-bond donors (Lipinski definition) is 3. The average molecular weight is 215 g/mol. The lowest BCUT2D eigenvalue weighted by atomic mass is 10.0. The maximum atomic E-state index is 10.4. The molecule has 1 rings (SSSR count). The van der Waals surface area contributed by atoms with Gasteiger partial charge in [0.15, 0.2) is 0 Å². The summed E-state index contributed by atoms with van der Waals surface area (Å²) in [5.41, 5.74) is 12.3. The van der Waals surface area contributed by atoms with Crippen LogP contribution >= 0.6 is 11.6 Å². The second-order valence-corrected chi connectivity index (χ2v) is 3.41. The molecular weight excluding hydrogens is 204 g/mol. The third-order valence-electron chi connectivity index (χ3n) is 1.84.